The van der Waals surface area contributed by atoms with Crippen molar-refractivity contribution in [2.45, 2.75) is 11.8 Å². The maximum atomic E-state index is 12.7. The lowest BCUT2D eigenvalue weighted by molar-refractivity contribution is -0.387. The predicted octanol–water partition coefficient (Wildman–Crippen LogP) is 2.44. The molecule has 3 rings (SSSR count). The van der Waals surface area contributed by atoms with Crippen molar-refractivity contribution in [2.75, 3.05) is 4.72 Å². The van der Waals surface area contributed by atoms with Gasteiger partial charge in [0.1, 0.15) is 5.82 Å². The summed E-state index contributed by atoms with van der Waals surface area (Å²) in [6.07, 6.45) is 1.37. The standard InChI is InChI=1S/C14H11BrN6O4S/c1-9-2-5-13(18-17-9)20-14(6-7-16-20)19-26(24,25)12-8-10(15)3-4-11(12)21(22)23/h2-8,19H,1H3. The van der Waals surface area contributed by atoms with Gasteiger partial charge < -0.3 is 0 Å². The highest BCUT2D eigenvalue weighted by Crippen LogP contribution is 2.29. The van der Waals surface area contributed by atoms with Gasteiger partial charge in [-0.1, -0.05) is 15.9 Å². The molecule has 0 atom stereocenters. The van der Waals surface area contributed by atoms with Gasteiger partial charge in [0.2, 0.25) is 0 Å². The molecule has 134 valence electrons. The number of hydrogen-bond donors (Lipinski definition) is 1. The fourth-order valence-corrected chi connectivity index (χ4v) is 3.87. The van der Waals surface area contributed by atoms with Gasteiger partial charge in [0.15, 0.2) is 10.7 Å². The lowest BCUT2D eigenvalue weighted by Crippen LogP contribution is -2.17. The molecule has 0 saturated carbocycles. The number of nitrogens with zero attached hydrogens (tertiary/aromatic N) is 5. The summed E-state index contributed by atoms with van der Waals surface area (Å²) >= 11 is 3.12. The zero-order valence-electron chi connectivity index (χ0n) is 13.2. The van der Waals surface area contributed by atoms with E-state index in [-0.39, 0.29) is 5.82 Å². The van der Waals surface area contributed by atoms with E-state index in [1.165, 1.54) is 23.0 Å². The van der Waals surface area contributed by atoms with Crippen LogP contribution >= 0.6 is 15.9 Å². The van der Waals surface area contributed by atoms with Crippen molar-refractivity contribution in [3.63, 3.8) is 0 Å². The summed E-state index contributed by atoms with van der Waals surface area (Å²) < 4.78 is 29.3. The molecule has 0 aliphatic rings. The molecule has 0 saturated heterocycles. The normalized spacial score (nSPS) is 11.3. The lowest BCUT2D eigenvalue weighted by atomic mass is 10.3. The Labute approximate surface area is 156 Å². The minimum absolute atomic E-state index is 0.0671. The van der Waals surface area contributed by atoms with Crippen molar-refractivity contribution in [3.8, 4) is 5.82 Å². The molecule has 3 aromatic rings. The summed E-state index contributed by atoms with van der Waals surface area (Å²) in [4.78, 5) is 9.93. The Kier molecular flexibility index (Phi) is 4.70. The van der Waals surface area contributed by atoms with Crippen LogP contribution < -0.4 is 4.72 Å². The van der Waals surface area contributed by atoms with Crippen molar-refractivity contribution in [3.05, 3.63) is 62.9 Å². The lowest BCUT2D eigenvalue weighted by Gasteiger charge is -2.10. The smallest absolute Gasteiger partial charge is 0.263 e. The Bertz CT molecular complexity index is 1080. The maximum absolute atomic E-state index is 12.7. The zero-order valence-corrected chi connectivity index (χ0v) is 15.6. The first kappa shape index (κ1) is 17.9. The minimum atomic E-state index is -4.25. The van der Waals surface area contributed by atoms with E-state index in [9.17, 15) is 18.5 Å². The number of halogens is 1. The number of anilines is 1. The Hall–Kier alpha value is -2.86. The molecule has 0 unspecified atom stereocenters. The Morgan fingerprint density at radius 1 is 1.19 bits per heavy atom. The summed E-state index contributed by atoms with van der Waals surface area (Å²) in [6.45, 7) is 1.76. The highest BCUT2D eigenvalue weighted by Gasteiger charge is 2.27. The first-order chi connectivity index (χ1) is 12.3. The fourth-order valence-electron chi connectivity index (χ4n) is 2.11. The number of aryl methyl sites for hydroxylation is 1. The third-order valence-electron chi connectivity index (χ3n) is 3.29. The van der Waals surface area contributed by atoms with Crippen LogP contribution in [0.15, 0.2) is 52.0 Å². The van der Waals surface area contributed by atoms with Crippen LogP contribution in [-0.4, -0.2) is 33.3 Å². The van der Waals surface area contributed by atoms with E-state index >= 15 is 0 Å². The molecule has 0 radical (unpaired) electrons. The van der Waals surface area contributed by atoms with Crippen LogP contribution in [0.2, 0.25) is 0 Å². The molecular formula is C14H11BrN6O4S. The van der Waals surface area contributed by atoms with E-state index in [1.54, 1.807) is 19.1 Å². The van der Waals surface area contributed by atoms with Crippen molar-refractivity contribution < 1.29 is 13.3 Å². The van der Waals surface area contributed by atoms with Gasteiger partial charge in [-0.25, -0.2) is 8.42 Å². The number of nitrogens with one attached hydrogen (secondary N) is 1. The number of rotatable bonds is 5. The van der Waals surface area contributed by atoms with E-state index in [4.69, 9.17) is 0 Å². The van der Waals surface area contributed by atoms with Crippen LogP contribution in [0.4, 0.5) is 11.5 Å². The number of nitro benzene ring substituents is 1. The second kappa shape index (κ2) is 6.80. The number of benzene rings is 1. The van der Waals surface area contributed by atoms with Gasteiger partial charge in [0.05, 0.1) is 16.8 Å². The quantitative estimate of drug-likeness (QED) is 0.477. The van der Waals surface area contributed by atoms with Gasteiger partial charge in [0.25, 0.3) is 15.7 Å². The van der Waals surface area contributed by atoms with Gasteiger partial charge in [0, 0.05) is 16.6 Å². The third kappa shape index (κ3) is 3.55. The molecule has 0 bridgehead atoms. The van der Waals surface area contributed by atoms with Crippen LogP contribution in [0.3, 0.4) is 0 Å². The molecule has 10 nitrogen and oxygen atoms in total. The van der Waals surface area contributed by atoms with Gasteiger partial charge in [-0.2, -0.15) is 14.9 Å². The second-order valence-electron chi connectivity index (χ2n) is 5.14. The molecule has 0 spiro atoms. The van der Waals surface area contributed by atoms with Crippen LogP contribution in [0.5, 0.6) is 0 Å². The SMILES string of the molecule is Cc1ccc(-n2nccc2NS(=O)(=O)c2cc(Br)ccc2[N+](=O)[O-])nn1. The maximum Gasteiger partial charge on any atom is 0.289 e. The largest absolute Gasteiger partial charge is 0.289 e. The zero-order chi connectivity index (χ0) is 18.9. The van der Waals surface area contributed by atoms with E-state index < -0.39 is 25.5 Å². The van der Waals surface area contributed by atoms with Crippen LogP contribution in [0, 0.1) is 17.0 Å². The van der Waals surface area contributed by atoms with Crippen LogP contribution in [-0.2, 0) is 10.0 Å². The molecule has 2 heterocycles. The third-order valence-corrected chi connectivity index (χ3v) is 5.17. The van der Waals surface area contributed by atoms with Gasteiger partial charge in [-0.15, -0.1) is 5.10 Å². The predicted molar refractivity (Wildman–Crippen MR) is 95.5 cm³/mol. The van der Waals surface area contributed by atoms with Crippen molar-refractivity contribution in [1.82, 2.24) is 20.0 Å². The minimum Gasteiger partial charge on any atom is -0.263 e. The van der Waals surface area contributed by atoms with Gasteiger partial charge in [-0.05, 0) is 31.2 Å². The Morgan fingerprint density at radius 3 is 2.62 bits per heavy atom. The average molecular weight is 439 g/mol. The molecule has 12 heteroatoms. The molecular weight excluding hydrogens is 428 g/mol. The highest BCUT2D eigenvalue weighted by atomic mass is 79.9. The van der Waals surface area contributed by atoms with Crippen LogP contribution in [0.1, 0.15) is 5.69 Å². The second-order valence-corrected chi connectivity index (χ2v) is 7.70. The molecule has 0 aliphatic heterocycles. The van der Waals surface area contributed by atoms with E-state index in [0.29, 0.717) is 16.0 Å². The average Bonchev–Trinajstić information content (AvgIpc) is 3.02. The summed E-state index contributed by atoms with van der Waals surface area (Å²) in [6, 6.07) is 8.39. The molecule has 1 aromatic carbocycles. The highest BCUT2D eigenvalue weighted by molar-refractivity contribution is 9.10. The van der Waals surface area contributed by atoms with Gasteiger partial charge >= 0.3 is 0 Å². The van der Waals surface area contributed by atoms with E-state index in [2.05, 4.69) is 35.9 Å². The van der Waals surface area contributed by atoms with Crippen molar-refractivity contribution in [1.29, 1.82) is 0 Å². The molecule has 0 aliphatic carbocycles. The molecule has 2 aromatic heterocycles. The fraction of sp³-hybridized carbons (Fsp3) is 0.0714. The summed E-state index contributed by atoms with van der Waals surface area (Å²) in [7, 11) is -4.25. The monoisotopic (exact) mass is 438 g/mol. The molecule has 0 fully saturated rings. The Balaban J connectivity index is 2.03. The number of aromatic nitrogens is 4. The number of hydrogen-bond acceptors (Lipinski definition) is 7. The first-order valence-corrected chi connectivity index (χ1v) is 9.37. The van der Waals surface area contributed by atoms with Crippen molar-refractivity contribution in [2.24, 2.45) is 0 Å². The van der Waals surface area contributed by atoms with E-state index in [1.807, 2.05) is 0 Å². The van der Waals surface area contributed by atoms with Crippen LogP contribution in [0.25, 0.3) is 5.82 Å². The summed E-state index contributed by atoms with van der Waals surface area (Å²) in [5.41, 5.74) is 0.148. The number of nitro groups is 1. The molecule has 26 heavy (non-hydrogen) atoms. The first-order valence-electron chi connectivity index (χ1n) is 7.09. The number of sulfonamides is 1. The van der Waals surface area contributed by atoms with Gasteiger partial charge in [-0.3, -0.25) is 14.8 Å². The summed E-state index contributed by atoms with van der Waals surface area (Å²) in [5, 5.41) is 23.0. The summed E-state index contributed by atoms with van der Waals surface area (Å²) in [5.74, 6) is 0.361. The molecule has 0 amide bonds. The molecule has 1 N–H and O–H groups in total. The Morgan fingerprint density at radius 2 is 1.96 bits per heavy atom. The van der Waals surface area contributed by atoms with E-state index in [0.717, 1.165) is 12.1 Å². The van der Waals surface area contributed by atoms with Crippen molar-refractivity contribution >= 4 is 37.5 Å². The topological polar surface area (TPSA) is 133 Å².